The second-order valence-corrected chi connectivity index (χ2v) is 8.13. The smallest absolute Gasteiger partial charge is 0.252 e. The van der Waals surface area contributed by atoms with Gasteiger partial charge in [-0.05, 0) is 31.5 Å². The maximum absolute atomic E-state index is 12.7. The topological polar surface area (TPSA) is 58.6 Å². The van der Waals surface area contributed by atoms with Gasteiger partial charge in [-0.15, -0.1) is 11.3 Å². The van der Waals surface area contributed by atoms with Gasteiger partial charge in [-0.2, -0.15) is 4.31 Å². The van der Waals surface area contributed by atoms with Crippen molar-refractivity contribution < 1.29 is 13.2 Å². The first-order chi connectivity index (χ1) is 9.59. The first-order valence-electron chi connectivity index (χ1n) is 6.89. The number of sulfonamides is 1. The molecule has 1 fully saturated rings. The molecule has 0 aliphatic heterocycles. The average Bonchev–Trinajstić information content (AvgIpc) is 3.13. The van der Waals surface area contributed by atoms with Gasteiger partial charge in [0.05, 0.1) is 6.61 Å². The normalized spacial score (nSPS) is 15.9. The summed E-state index contributed by atoms with van der Waals surface area (Å²) in [5.41, 5.74) is 0. The molecule has 0 unspecified atom stereocenters. The van der Waals surface area contributed by atoms with E-state index < -0.39 is 10.0 Å². The number of thiophene rings is 1. The van der Waals surface area contributed by atoms with Gasteiger partial charge >= 0.3 is 0 Å². The Kier molecular flexibility index (Phi) is 5.57. The molecular formula is C13H22N2O3S2. The van der Waals surface area contributed by atoms with E-state index in [2.05, 4.69) is 5.32 Å². The maximum Gasteiger partial charge on any atom is 0.252 e. The van der Waals surface area contributed by atoms with Crippen LogP contribution >= 0.6 is 11.3 Å². The van der Waals surface area contributed by atoms with Gasteiger partial charge in [-0.3, -0.25) is 0 Å². The Labute approximate surface area is 125 Å². The van der Waals surface area contributed by atoms with Crippen LogP contribution in [0.1, 0.15) is 24.6 Å². The Bertz CT molecular complexity index is 523. The molecule has 1 aliphatic rings. The fourth-order valence-electron chi connectivity index (χ4n) is 2.00. The number of rotatable bonds is 9. The first kappa shape index (κ1) is 15.9. The van der Waals surface area contributed by atoms with Crippen LogP contribution in [0.15, 0.2) is 16.3 Å². The van der Waals surface area contributed by atoms with Gasteiger partial charge in [-0.1, -0.05) is 6.92 Å². The Balaban J connectivity index is 2.12. The fourth-order valence-corrected chi connectivity index (χ4v) is 5.12. The third-order valence-corrected chi connectivity index (χ3v) is 6.72. The van der Waals surface area contributed by atoms with E-state index in [-0.39, 0.29) is 6.04 Å². The van der Waals surface area contributed by atoms with Gasteiger partial charge in [0.2, 0.25) is 0 Å². The summed E-state index contributed by atoms with van der Waals surface area (Å²) in [5, 5.41) is 3.21. The molecule has 1 aliphatic carbocycles. The summed E-state index contributed by atoms with van der Waals surface area (Å²) in [6, 6.07) is 3.77. The highest BCUT2D eigenvalue weighted by molar-refractivity contribution is 7.91. The zero-order chi connectivity index (χ0) is 14.6. The highest BCUT2D eigenvalue weighted by Gasteiger charge is 2.38. The van der Waals surface area contributed by atoms with E-state index in [4.69, 9.17) is 4.74 Å². The van der Waals surface area contributed by atoms with E-state index in [0.29, 0.717) is 17.4 Å². The Hall–Kier alpha value is -0.470. The Morgan fingerprint density at radius 2 is 2.20 bits per heavy atom. The molecule has 0 atom stereocenters. The van der Waals surface area contributed by atoms with Crippen LogP contribution in [0.4, 0.5) is 0 Å². The number of hydrogen-bond donors (Lipinski definition) is 1. The molecule has 5 nitrogen and oxygen atoms in total. The van der Waals surface area contributed by atoms with Crippen molar-refractivity contribution in [2.75, 3.05) is 26.8 Å². The van der Waals surface area contributed by atoms with Crippen LogP contribution in [-0.4, -0.2) is 45.6 Å². The van der Waals surface area contributed by atoms with E-state index in [1.165, 1.54) is 11.3 Å². The lowest BCUT2D eigenvalue weighted by molar-refractivity contribution is 0.177. The van der Waals surface area contributed by atoms with Crippen LogP contribution in [0.25, 0.3) is 0 Å². The van der Waals surface area contributed by atoms with Crippen LogP contribution in [0, 0.1) is 0 Å². The third-order valence-electron chi connectivity index (χ3n) is 3.22. The SMILES string of the molecule is CCNCc1ccc(S(=O)(=O)N(CCOC)C2CC2)s1. The molecule has 1 aromatic heterocycles. The van der Waals surface area contributed by atoms with E-state index in [9.17, 15) is 8.42 Å². The van der Waals surface area contributed by atoms with Crippen molar-refractivity contribution in [3.8, 4) is 0 Å². The number of ether oxygens (including phenoxy) is 1. The van der Waals surface area contributed by atoms with Crippen LogP contribution in [0.2, 0.25) is 0 Å². The predicted octanol–water partition coefficient (Wildman–Crippen LogP) is 1.66. The molecule has 7 heteroatoms. The van der Waals surface area contributed by atoms with E-state index in [1.807, 2.05) is 13.0 Å². The predicted molar refractivity (Wildman–Crippen MR) is 80.5 cm³/mol. The minimum Gasteiger partial charge on any atom is -0.383 e. The quantitative estimate of drug-likeness (QED) is 0.752. The second-order valence-electron chi connectivity index (χ2n) is 4.84. The Morgan fingerprint density at radius 3 is 2.80 bits per heavy atom. The summed E-state index contributed by atoms with van der Waals surface area (Å²) >= 11 is 1.35. The van der Waals surface area contributed by atoms with Crippen molar-refractivity contribution >= 4 is 21.4 Å². The van der Waals surface area contributed by atoms with Gasteiger partial charge in [0.25, 0.3) is 10.0 Å². The van der Waals surface area contributed by atoms with Crippen molar-refractivity contribution in [3.05, 3.63) is 17.0 Å². The first-order valence-corrected chi connectivity index (χ1v) is 9.15. The zero-order valence-corrected chi connectivity index (χ0v) is 13.6. The lowest BCUT2D eigenvalue weighted by Gasteiger charge is -2.20. The van der Waals surface area contributed by atoms with E-state index >= 15 is 0 Å². The lowest BCUT2D eigenvalue weighted by atomic mass is 10.4. The molecule has 0 saturated heterocycles. The molecule has 0 amide bonds. The van der Waals surface area contributed by atoms with Crippen molar-refractivity contribution in [3.63, 3.8) is 0 Å². The molecule has 1 saturated carbocycles. The average molecular weight is 318 g/mol. The molecule has 0 bridgehead atoms. The lowest BCUT2D eigenvalue weighted by Crippen LogP contribution is -2.35. The standard InChI is InChI=1S/C13H22N2O3S2/c1-3-14-10-12-6-7-13(19-12)20(16,17)15(8-9-18-2)11-4-5-11/h6-7,11,14H,3-5,8-10H2,1-2H3. The van der Waals surface area contributed by atoms with Gasteiger partial charge in [-0.25, -0.2) is 8.42 Å². The molecule has 1 heterocycles. The molecule has 0 spiro atoms. The summed E-state index contributed by atoms with van der Waals surface area (Å²) in [4.78, 5) is 1.05. The van der Waals surface area contributed by atoms with E-state index in [0.717, 1.165) is 30.8 Å². The summed E-state index contributed by atoms with van der Waals surface area (Å²) in [6.45, 7) is 4.50. The molecule has 114 valence electrons. The van der Waals surface area contributed by atoms with Crippen LogP contribution in [0.5, 0.6) is 0 Å². The fraction of sp³-hybridized carbons (Fsp3) is 0.692. The number of nitrogens with zero attached hydrogens (tertiary/aromatic N) is 1. The Morgan fingerprint density at radius 1 is 1.45 bits per heavy atom. The van der Waals surface area contributed by atoms with Crippen molar-refractivity contribution in [2.45, 2.75) is 36.6 Å². The second kappa shape index (κ2) is 7.00. The number of nitrogens with one attached hydrogen (secondary N) is 1. The molecule has 0 radical (unpaired) electrons. The molecule has 1 N–H and O–H groups in total. The zero-order valence-electron chi connectivity index (χ0n) is 12.0. The van der Waals surface area contributed by atoms with Crippen LogP contribution < -0.4 is 5.32 Å². The highest BCUT2D eigenvalue weighted by atomic mass is 32.2. The number of methoxy groups -OCH3 is 1. The summed E-state index contributed by atoms with van der Waals surface area (Å²) in [6.07, 6.45) is 1.91. The highest BCUT2D eigenvalue weighted by Crippen LogP contribution is 2.34. The molecule has 20 heavy (non-hydrogen) atoms. The minimum atomic E-state index is -3.37. The molecule has 1 aromatic rings. The largest absolute Gasteiger partial charge is 0.383 e. The van der Waals surface area contributed by atoms with E-state index in [1.54, 1.807) is 17.5 Å². The third kappa shape index (κ3) is 3.79. The van der Waals surface area contributed by atoms with Crippen molar-refractivity contribution in [2.24, 2.45) is 0 Å². The van der Waals surface area contributed by atoms with Crippen molar-refractivity contribution in [1.82, 2.24) is 9.62 Å². The van der Waals surface area contributed by atoms with Gasteiger partial charge in [0.15, 0.2) is 0 Å². The molecule has 0 aromatic carbocycles. The van der Waals surface area contributed by atoms with Crippen LogP contribution in [-0.2, 0) is 21.3 Å². The molecule has 2 rings (SSSR count). The monoisotopic (exact) mass is 318 g/mol. The number of hydrogen-bond acceptors (Lipinski definition) is 5. The van der Waals surface area contributed by atoms with Crippen molar-refractivity contribution in [1.29, 1.82) is 0 Å². The molecular weight excluding hydrogens is 296 g/mol. The van der Waals surface area contributed by atoms with Crippen LogP contribution in [0.3, 0.4) is 0 Å². The van der Waals surface area contributed by atoms with Gasteiger partial charge in [0.1, 0.15) is 4.21 Å². The minimum absolute atomic E-state index is 0.162. The summed E-state index contributed by atoms with van der Waals surface area (Å²) in [7, 11) is -1.78. The summed E-state index contributed by atoms with van der Waals surface area (Å²) < 4.78 is 32.4. The van der Waals surface area contributed by atoms with Gasteiger partial charge in [0, 0.05) is 31.1 Å². The summed E-state index contributed by atoms with van der Waals surface area (Å²) in [5.74, 6) is 0. The van der Waals surface area contributed by atoms with Gasteiger partial charge < -0.3 is 10.1 Å². The maximum atomic E-state index is 12.7.